The van der Waals surface area contributed by atoms with Crippen LogP contribution in [0.4, 0.5) is 11.4 Å². The maximum Gasteiger partial charge on any atom is 0.0343 e. The van der Waals surface area contributed by atoms with Crippen molar-refractivity contribution in [2.24, 2.45) is 11.8 Å². The smallest absolute Gasteiger partial charge is 0.0343 e. The third-order valence-corrected chi connectivity index (χ3v) is 5.38. The summed E-state index contributed by atoms with van der Waals surface area (Å²) >= 11 is 0. The molecular formula is C22H40N2. The van der Waals surface area contributed by atoms with Crippen LogP contribution in [0.25, 0.3) is 0 Å². The van der Waals surface area contributed by atoms with Crippen LogP contribution in [0.2, 0.25) is 0 Å². The van der Waals surface area contributed by atoms with E-state index < -0.39 is 0 Å². The Balaban J connectivity index is 2.57. The molecular weight excluding hydrogens is 292 g/mol. The average molecular weight is 333 g/mol. The van der Waals surface area contributed by atoms with Crippen molar-refractivity contribution in [1.82, 2.24) is 0 Å². The van der Waals surface area contributed by atoms with Gasteiger partial charge < -0.3 is 10.6 Å². The van der Waals surface area contributed by atoms with E-state index in [1.165, 1.54) is 49.9 Å². The lowest BCUT2D eigenvalue weighted by molar-refractivity contribution is 0.461. The Hall–Kier alpha value is -1.18. The van der Waals surface area contributed by atoms with E-state index in [0.717, 1.165) is 11.8 Å². The molecule has 0 bridgehead atoms. The molecule has 138 valence electrons. The van der Waals surface area contributed by atoms with Crippen molar-refractivity contribution < 1.29 is 0 Å². The topological polar surface area (TPSA) is 24.1 Å². The Bertz CT molecular complexity index is 385. The van der Waals surface area contributed by atoms with Crippen LogP contribution in [0.5, 0.6) is 0 Å². The van der Waals surface area contributed by atoms with E-state index in [9.17, 15) is 0 Å². The SMILES string of the molecule is CCC(C)CC(CC)Nc1ccc(NC(CC)CC(C)CC)cc1. The van der Waals surface area contributed by atoms with Crippen molar-refractivity contribution in [3.8, 4) is 0 Å². The van der Waals surface area contributed by atoms with Crippen LogP contribution < -0.4 is 10.6 Å². The van der Waals surface area contributed by atoms with Crippen molar-refractivity contribution >= 4 is 11.4 Å². The number of benzene rings is 1. The fraction of sp³-hybridized carbons (Fsp3) is 0.727. The average Bonchev–Trinajstić information content (AvgIpc) is 2.61. The van der Waals surface area contributed by atoms with Crippen LogP contribution >= 0.6 is 0 Å². The molecule has 1 rings (SSSR count). The number of hydrogen-bond donors (Lipinski definition) is 2. The van der Waals surface area contributed by atoms with E-state index in [4.69, 9.17) is 0 Å². The molecule has 0 fully saturated rings. The Morgan fingerprint density at radius 3 is 1.21 bits per heavy atom. The zero-order valence-electron chi connectivity index (χ0n) is 16.9. The molecule has 0 amide bonds. The molecule has 2 N–H and O–H groups in total. The van der Waals surface area contributed by atoms with Crippen molar-refractivity contribution in [2.75, 3.05) is 10.6 Å². The van der Waals surface area contributed by atoms with Gasteiger partial charge in [0.2, 0.25) is 0 Å². The first-order valence-corrected chi connectivity index (χ1v) is 10.1. The molecule has 0 aromatic heterocycles. The minimum Gasteiger partial charge on any atom is -0.382 e. The zero-order chi connectivity index (χ0) is 17.9. The first-order chi connectivity index (χ1) is 11.5. The predicted molar refractivity (Wildman–Crippen MR) is 110 cm³/mol. The molecule has 0 aliphatic rings. The summed E-state index contributed by atoms with van der Waals surface area (Å²) in [4.78, 5) is 0. The highest BCUT2D eigenvalue weighted by atomic mass is 14.9. The Morgan fingerprint density at radius 1 is 0.625 bits per heavy atom. The molecule has 4 atom stereocenters. The maximum atomic E-state index is 3.70. The van der Waals surface area contributed by atoms with E-state index >= 15 is 0 Å². The van der Waals surface area contributed by atoms with Gasteiger partial charge in [0, 0.05) is 23.5 Å². The van der Waals surface area contributed by atoms with Crippen LogP contribution in [0.1, 0.15) is 80.1 Å². The van der Waals surface area contributed by atoms with Crippen LogP contribution in [0, 0.1) is 11.8 Å². The van der Waals surface area contributed by atoms with Gasteiger partial charge in [-0.25, -0.2) is 0 Å². The van der Waals surface area contributed by atoms with Crippen molar-refractivity contribution in [2.45, 2.75) is 92.2 Å². The van der Waals surface area contributed by atoms with Gasteiger partial charge in [-0.2, -0.15) is 0 Å². The van der Waals surface area contributed by atoms with E-state index in [0.29, 0.717) is 12.1 Å². The predicted octanol–water partition coefficient (Wildman–Crippen LogP) is 6.94. The second kappa shape index (κ2) is 11.4. The summed E-state index contributed by atoms with van der Waals surface area (Å²) in [6.07, 6.45) is 7.37. The highest BCUT2D eigenvalue weighted by Gasteiger charge is 2.12. The third kappa shape index (κ3) is 7.59. The summed E-state index contributed by atoms with van der Waals surface area (Å²) in [7, 11) is 0. The first kappa shape index (κ1) is 20.9. The molecule has 0 aliphatic carbocycles. The maximum absolute atomic E-state index is 3.70. The molecule has 24 heavy (non-hydrogen) atoms. The Morgan fingerprint density at radius 2 is 0.958 bits per heavy atom. The van der Waals surface area contributed by atoms with Gasteiger partial charge in [0.25, 0.3) is 0 Å². The highest BCUT2D eigenvalue weighted by Crippen LogP contribution is 2.21. The Labute approximate surface area is 150 Å². The summed E-state index contributed by atoms with van der Waals surface area (Å²) in [5.74, 6) is 1.57. The summed E-state index contributed by atoms with van der Waals surface area (Å²) < 4.78 is 0. The first-order valence-electron chi connectivity index (χ1n) is 10.1. The van der Waals surface area contributed by atoms with Crippen LogP contribution in [0.15, 0.2) is 24.3 Å². The van der Waals surface area contributed by atoms with Crippen LogP contribution in [0.3, 0.4) is 0 Å². The standard InChI is InChI=1S/C22H40N2/c1-7-17(5)15-19(9-3)23-21-11-13-22(14-12-21)24-20(10-4)16-18(6)8-2/h11-14,17-20,23-24H,7-10,15-16H2,1-6H3. The van der Waals surface area contributed by atoms with Crippen LogP contribution in [-0.4, -0.2) is 12.1 Å². The second-order valence-corrected chi connectivity index (χ2v) is 7.57. The number of nitrogens with one attached hydrogen (secondary N) is 2. The molecule has 0 aliphatic heterocycles. The van der Waals surface area contributed by atoms with Gasteiger partial charge >= 0.3 is 0 Å². The van der Waals surface area contributed by atoms with Gasteiger partial charge in [-0.1, -0.05) is 54.4 Å². The third-order valence-electron chi connectivity index (χ3n) is 5.38. The largest absolute Gasteiger partial charge is 0.382 e. The zero-order valence-corrected chi connectivity index (χ0v) is 16.9. The van der Waals surface area contributed by atoms with Gasteiger partial charge in [-0.05, 0) is 61.8 Å². The quantitative estimate of drug-likeness (QED) is 0.433. The highest BCUT2D eigenvalue weighted by molar-refractivity contribution is 5.54. The lowest BCUT2D eigenvalue weighted by atomic mass is 9.97. The van der Waals surface area contributed by atoms with Gasteiger partial charge in [0.1, 0.15) is 0 Å². The molecule has 0 heterocycles. The second-order valence-electron chi connectivity index (χ2n) is 7.57. The fourth-order valence-electron chi connectivity index (χ4n) is 3.09. The minimum atomic E-state index is 0.576. The summed E-state index contributed by atoms with van der Waals surface area (Å²) in [5, 5.41) is 7.40. The van der Waals surface area contributed by atoms with E-state index in [1.54, 1.807) is 0 Å². The molecule has 2 nitrogen and oxygen atoms in total. The molecule has 2 heteroatoms. The van der Waals surface area contributed by atoms with Gasteiger partial charge in [0.15, 0.2) is 0 Å². The monoisotopic (exact) mass is 332 g/mol. The molecule has 0 saturated heterocycles. The van der Waals surface area contributed by atoms with Gasteiger partial charge in [0.05, 0.1) is 0 Å². The molecule has 0 radical (unpaired) electrons. The fourth-order valence-corrected chi connectivity index (χ4v) is 3.09. The number of hydrogen-bond acceptors (Lipinski definition) is 2. The molecule has 0 spiro atoms. The molecule has 4 unspecified atom stereocenters. The van der Waals surface area contributed by atoms with Crippen LogP contribution in [-0.2, 0) is 0 Å². The van der Waals surface area contributed by atoms with E-state index in [-0.39, 0.29) is 0 Å². The lowest BCUT2D eigenvalue weighted by Crippen LogP contribution is -2.22. The molecule has 1 aromatic rings. The number of rotatable bonds is 12. The summed E-state index contributed by atoms with van der Waals surface area (Å²) in [5.41, 5.74) is 2.48. The van der Waals surface area contributed by atoms with Gasteiger partial charge in [-0.3, -0.25) is 0 Å². The van der Waals surface area contributed by atoms with E-state index in [2.05, 4.69) is 76.4 Å². The van der Waals surface area contributed by atoms with Gasteiger partial charge in [-0.15, -0.1) is 0 Å². The van der Waals surface area contributed by atoms with Crippen molar-refractivity contribution in [3.05, 3.63) is 24.3 Å². The molecule has 1 aromatic carbocycles. The molecule has 0 saturated carbocycles. The number of anilines is 2. The van der Waals surface area contributed by atoms with Crippen molar-refractivity contribution in [3.63, 3.8) is 0 Å². The lowest BCUT2D eigenvalue weighted by Gasteiger charge is -2.23. The summed E-state index contributed by atoms with van der Waals surface area (Å²) in [6, 6.07) is 10.0. The normalized spacial score (nSPS) is 16.2. The minimum absolute atomic E-state index is 0.576. The summed E-state index contributed by atoms with van der Waals surface area (Å²) in [6.45, 7) is 13.8. The Kier molecular flexibility index (Phi) is 9.90. The van der Waals surface area contributed by atoms with Crippen molar-refractivity contribution in [1.29, 1.82) is 0 Å². The van der Waals surface area contributed by atoms with E-state index in [1.807, 2.05) is 0 Å².